The zero-order valence-electron chi connectivity index (χ0n) is 17.7. The van der Waals surface area contributed by atoms with Gasteiger partial charge >= 0.3 is 6.18 Å². The van der Waals surface area contributed by atoms with E-state index in [1.165, 1.54) is 6.07 Å². The molecule has 2 heterocycles. The summed E-state index contributed by atoms with van der Waals surface area (Å²) in [6.45, 7) is -2.07. The van der Waals surface area contributed by atoms with E-state index < -0.39 is 66.8 Å². The number of carbonyl (C=O) groups is 1. The molecule has 0 spiro atoms. The molecule has 1 aromatic heterocycles. The van der Waals surface area contributed by atoms with Crippen molar-refractivity contribution in [2.75, 3.05) is 13.1 Å². The minimum absolute atomic E-state index is 0.0855. The first-order valence-corrected chi connectivity index (χ1v) is 10.7. The lowest BCUT2D eigenvalue weighted by Crippen LogP contribution is -2.59. The van der Waals surface area contributed by atoms with Gasteiger partial charge in [-0.2, -0.15) is 13.2 Å². The lowest BCUT2D eigenvalue weighted by atomic mass is 9.82. The highest BCUT2D eigenvalue weighted by molar-refractivity contribution is 5.87. The van der Waals surface area contributed by atoms with E-state index in [0.717, 1.165) is 6.07 Å². The first-order valence-electron chi connectivity index (χ1n) is 10.7. The molecule has 4 rings (SSSR count). The lowest BCUT2D eigenvalue weighted by Gasteiger charge is -2.40. The lowest BCUT2D eigenvalue weighted by molar-refractivity contribution is -0.175. The molecule has 5 nitrogen and oxygen atoms in total. The fourth-order valence-electron chi connectivity index (χ4n) is 4.60. The molecule has 0 bridgehead atoms. The quantitative estimate of drug-likeness (QED) is 0.568. The summed E-state index contributed by atoms with van der Waals surface area (Å²) in [6.07, 6.45) is -7.04. The summed E-state index contributed by atoms with van der Waals surface area (Å²) in [7, 11) is 0. The molecule has 1 aliphatic carbocycles. The molecule has 188 valence electrons. The van der Waals surface area contributed by atoms with Gasteiger partial charge in [0, 0.05) is 18.4 Å². The second-order valence-electron chi connectivity index (χ2n) is 9.13. The zero-order valence-corrected chi connectivity index (χ0v) is 17.7. The molecule has 2 aliphatic rings. The molecule has 3 N–H and O–H groups in total. The van der Waals surface area contributed by atoms with E-state index in [-0.39, 0.29) is 48.5 Å². The smallest absolute Gasteiger partial charge is 0.341 e. The van der Waals surface area contributed by atoms with E-state index in [1.807, 2.05) is 0 Å². The molecule has 13 heteroatoms. The molecule has 0 radical (unpaired) electrons. The zero-order chi connectivity index (χ0) is 25.1. The Bertz CT molecular complexity index is 1060. The number of alkyl halides is 7. The Labute approximate surface area is 188 Å². The Kier molecular flexibility index (Phi) is 6.06. The third-order valence-electron chi connectivity index (χ3n) is 6.49. The highest BCUT2D eigenvalue weighted by Gasteiger charge is 2.50. The fourth-order valence-corrected chi connectivity index (χ4v) is 4.60. The van der Waals surface area contributed by atoms with Crippen LogP contribution in [0.2, 0.25) is 0 Å². The third kappa shape index (κ3) is 4.98. The van der Waals surface area contributed by atoms with Crippen LogP contribution in [0.5, 0.6) is 0 Å². The number of hydrogen-bond donors (Lipinski definition) is 2. The van der Waals surface area contributed by atoms with Crippen molar-refractivity contribution in [3.8, 4) is 0 Å². The van der Waals surface area contributed by atoms with Gasteiger partial charge < -0.3 is 15.6 Å². The van der Waals surface area contributed by atoms with Gasteiger partial charge in [-0.15, -0.1) is 0 Å². The Balaban J connectivity index is 1.62. The van der Waals surface area contributed by atoms with Crippen LogP contribution >= 0.6 is 0 Å². The van der Waals surface area contributed by atoms with Gasteiger partial charge in [-0.3, -0.25) is 4.79 Å². The van der Waals surface area contributed by atoms with E-state index >= 15 is 4.39 Å². The maximum absolute atomic E-state index is 15.3. The van der Waals surface area contributed by atoms with E-state index in [4.69, 9.17) is 5.73 Å². The minimum Gasteiger partial charge on any atom is -0.341 e. The molecule has 34 heavy (non-hydrogen) atoms. The van der Waals surface area contributed by atoms with Gasteiger partial charge in [-0.1, -0.05) is 6.07 Å². The van der Waals surface area contributed by atoms with Crippen LogP contribution in [-0.4, -0.2) is 51.9 Å². The summed E-state index contributed by atoms with van der Waals surface area (Å²) in [5, 5.41) is 0. The standard InChI is InChI=1S/C21H22F8N4O/c22-14-11(12(7-21(27,28)29)18(34)33-8-20(25,26)9-33)1-2-13-16(14)32-17(31-13)15(30)10-3-5-19(23,24)6-4-10/h1-2,10,12,15H,3-9,30H2,(H,31,32)/t12?,15-/m0/s1. The Morgan fingerprint density at radius 3 is 2.32 bits per heavy atom. The number of nitrogens with two attached hydrogens (primary N) is 1. The first kappa shape index (κ1) is 24.7. The second-order valence-corrected chi connectivity index (χ2v) is 9.13. The molecule has 1 aromatic carbocycles. The molecule has 2 aromatic rings. The van der Waals surface area contributed by atoms with Crippen LogP contribution in [0, 0.1) is 11.7 Å². The van der Waals surface area contributed by atoms with Crippen molar-refractivity contribution in [3.63, 3.8) is 0 Å². The van der Waals surface area contributed by atoms with Crippen LogP contribution in [0.4, 0.5) is 35.1 Å². The number of H-pyrrole nitrogens is 1. The number of aromatic nitrogens is 2. The van der Waals surface area contributed by atoms with E-state index in [9.17, 15) is 35.5 Å². The van der Waals surface area contributed by atoms with Gasteiger partial charge in [0.1, 0.15) is 11.3 Å². The Morgan fingerprint density at radius 2 is 1.76 bits per heavy atom. The van der Waals surface area contributed by atoms with Crippen LogP contribution in [0.3, 0.4) is 0 Å². The van der Waals surface area contributed by atoms with Crippen molar-refractivity contribution in [2.45, 2.75) is 62.1 Å². The Hall–Kier alpha value is -2.44. The van der Waals surface area contributed by atoms with Crippen molar-refractivity contribution in [1.82, 2.24) is 14.9 Å². The summed E-state index contributed by atoms with van der Waals surface area (Å²) in [5.74, 6) is -10.7. The maximum Gasteiger partial charge on any atom is 0.390 e. The minimum atomic E-state index is -4.86. The van der Waals surface area contributed by atoms with Gasteiger partial charge in [0.2, 0.25) is 11.8 Å². The molecule has 1 saturated carbocycles. The number of rotatable bonds is 5. The van der Waals surface area contributed by atoms with Crippen LogP contribution in [-0.2, 0) is 4.79 Å². The van der Waals surface area contributed by atoms with Gasteiger partial charge in [0.15, 0.2) is 5.82 Å². The molecule has 1 amide bonds. The highest BCUT2D eigenvalue weighted by atomic mass is 19.4. The van der Waals surface area contributed by atoms with E-state index in [2.05, 4.69) is 9.97 Å². The monoisotopic (exact) mass is 498 g/mol. The van der Waals surface area contributed by atoms with Gasteiger partial charge in [0.25, 0.3) is 5.92 Å². The molecule has 1 saturated heterocycles. The Morgan fingerprint density at radius 1 is 1.15 bits per heavy atom. The second kappa shape index (κ2) is 8.35. The number of nitrogens with one attached hydrogen (secondary N) is 1. The summed E-state index contributed by atoms with van der Waals surface area (Å²) in [4.78, 5) is 20.0. The van der Waals surface area contributed by atoms with Crippen molar-refractivity contribution in [3.05, 3.63) is 29.3 Å². The van der Waals surface area contributed by atoms with Crippen LogP contribution in [0.25, 0.3) is 11.0 Å². The molecular weight excluding hydrogens is 476 g/mol. The number of hydrogen-bond acceptors (Lipinski definition) is 3. The number of imidazole rings is 1. The van der Waals surface area contributed by atoms with Crippen molar-refractivity contribution >= 4 is 16.9 Å². The van der Waals surface area contributed by atoms with Gasteiger partial charge in [0.05, 0.1) is 37.0 Å². The predicted octanol–water partition coefficient (Wildman–Crippen LogP) is 5.04. The van der Waals surface area contributed by atoms with Crippen molar-refractivity contribution in [1.29, 1.82) is 0 Å². The van der Waals surface area contributed by atoms with E-state index in [0.29, 0.717) is 4.90 Å². The van der Waals surface area contributed by atoms with E-state index in [1.54, 1.807) is 0 Å². The molecule has 1 aliphatic heterocycles. The summed E-state index contributed by atoms with van der Waals surface area (Å²) in [5.41, 5.74) is 5.27. The third-order valence-corrected chi connectivity index (χ3v) is 6.49. The number of halogens is 8. The average Bonchev–Trinajstić information content (AvgIpc) is 3.14. The van der Waals surface area contributed by atoms with Crippen LogP contribution < -0.4 is 5.73 Å². The van der Waals surface area contributed by atoms with Gasteiger partial charge in [-0.25, -0.2) is 26.9 Å². The average molecular weight is 498 g/mol. The number of amides is 1. The molecule has 1 unspecified atom stereocenters. The molecule has 2 fully saturated rings. The summed E-state index contributed by atoms with van der Waals surface area (Å²) < 4.78 is 108. The normalized spacial score (nSPS) is 22.4. The number of carbonyl (C=O) groups excluding carboxylic acids is 1. The number of likely N-dealkylation sites (tertiary alicyclic amines) is 1. The van der Waals surface area contributed by atoms with Gasteiger partial charge in [-0.05, 0) is 24.8 Å². The van der Waals surface area contributed by atoms with Crippen LogP contribution in [0.1, 0.15) is 55.5 Å². The molecule has 2 atom stereocenters. The summed E-state index contributed by atoms with van der Waals surface area (Å²) in [6, 6.07) is 1.38. The van der Waals surface area contributed by atoms with Crippen LogP contribution in [0.15, 0.2) is 12.1 Å². The number of benzene rings is 1. The number of nitrogens with zero attached hydrogens (tertiary/aromatic N) is 2. The largest absolute Gasteiger partial charge is 0.390 e. The van der Waals surface area contributed by atoms with Crippen molar-refractivity contribution < 1.29 is 39.9 Å². The number of aromatic amines is 1. The fraction of sp³-hybridized carbons (Fsp3) is 0.619. The maximum atomic E-state index is 15.3. The summed E-state index contributed by atoms with van der Waals surface area (Å²) >= 11 is 0. The number of fused-ring (bicyclic) bond motifs is 1. The molecular formula is C21H22F8N4O. The first-order chi connectivity index (χ1) is 15.7. The topological polar surface area (TPSA) is 75.0 Å². The predicted molar refractivity (Wildman–Crippen MR) is 105 cm³/mol. The SMILES string of the molecule is N[C@H](c1nc2c(F)c(C(CC(F)(F)F)C(=O)N3CC(F)(F)C3)ccc2[nH]1)C1CCC(F)(F)CC1. The van der Waals surface area contributed by atoms with Crippen molar-refractivity contribution in [2.24, 2.45) is 11.7 Å². The highest BCUT2D eigenvalue weighted by Crippen LogP contribution is 2.41.